The van der Waals surface area contributed by atoms with Crippen LogP contribution in [0.3, 0.4) is 0 Å². The average molecular weight is 806 g/mol. The molecule has 4 amide bonds. The van der Waals surface area contributed by atoms with Crippen molar-refractivity contribution in [3.8, 4) is 11.1 Å². The minimum atomic E-state index is -1.39. The topological polar surface area (TPSA) is 185 Å². The lowest BCUT2D eigenvalue weighted by atomic mass is 9.81. The largest absolute Gasteiger partial charge is 0.465 e. The Morgan fingerprint density at radius 3 is 1.71 bits per heavy atom. The van der Waals surface area contributed by atoms with E-state index in [1.165, 1.54) is 0 Å². The zero-order valence-electron chi connectivity index (χ0n) is 34.4. The fourth-order valence-electron chi connectivity index (χ4n) is 8.24. The summed E-state index contributed by atoms with van der Waals surface area (Å²) in [6, 6.07) is 27.2. The van der Waals surface area contributed by atoms with Gasteiger partial charge in [-0.1, -0.05) is 71.0 Å². The predicted octanol–water partition coefficient (Wildman–Crippen LogP) is 7.55. The normalized spacial score (nSPS) is 20.2. The number of carbonyl (C=O) groups is 4. The fourth-order valence-corrected chi connectivity index (χ4v) is 8.24. The molecule has 312 valence electrons. The number of imide groups is 2. The molecular formula is C45H55N7O7. The monoisotopic (exact) mass is 805 g/mol. The second-order valence-electron chi connectivity index (χ2n) is 16.2. The SMILES string of the molecule is CC(C)[C@H](Nc1ccc([C@H]2CC(C)[C@](C)(c3ccc(N[C@H](C(=O)NC(=O)O)C(C)C)cc3)N2c2ccc(-c3ccc(N4CCOCC4)nc3)cc2)cc1)C(=O)NC(=O)O. The lowest BCUT2D eigenvalue weighted by Crippen LogP contribution is -2.45. The van der Waals surface area contributed by atoms with E-state index in [0.717, 1.165) is 53.3 Å². The summed E-state index contributed by atoms with van der Waals surface area (Å²) in [5.74, 6) is -0.442. The fraction of sp³-hybridized carbons (Fsp3) is 0.400. The summed E-state index contributed by atoms with van der Waals surface area (Å²) in [5, 5.41) is 28.7. The molecule has 6 rings (SSSR count). The highest BCUT2D eigenvalue weighted by Crippen LogP contribution is 2.54. The molecular weight excluding hydrogens is 751 g/mol. The van der Waals surface area contributed by atoms with Gasteiger partial charge in [0.2, 0.25) is 0 Å². The van der Waals surface area contributed by atoms with Gasteiger partial charge in [-0.15, -0.1) is 0 Å². The van der Waals surface area contributed by atoms with E-state index in [0.29, 0.717) is 24.6 Å². The summed E-state index contributed by atoms with van der Waals surface area (Å²) in [5.41, 5.74) is 6.16. The number of rotatable bonds is 13. The summed E-state index contributed by atoms with van der Waals surface area (Å²) < 4.78 is 5.50. The molecule has 1 unspecified atom stereocenters. The maximum Gasteiger partial charge on any atom is 0.411 e. The van der Waals surface area contributed by atoms with Gasteiger partial charge in [-0.05, 0) is 96.3 Å². The lowest BCUT2D eigenvalue weighted by Gasteiger charge is -2.43. The van der Waals surface area contributed by atoms with Crippen LogP contribution in [0.5, 0.6) is 0 Å². The first kappa shape index (κ1) is 42.5. The molecule has 14 nitrogen and oxygen atoms in total. The number of benzene rings is 3. The first-order chi connectivity index (χ1) is 28.1. The molecule has 4 aromatic rings. The Bertz CT molecular complexity index is 2090. The van der Waals surface area contributed by atoms with Gasteiger partial charge in [0.25, 0.3) is 11.8 Å². The number of ether oxygens (including phenoxy) is 1. The Morgan fingerprint density at radius 1 is 0.729 bits per heavy atom. The van der Waals surface area contributed by atoms with Crippen LogP contribution in [-0.2, 0) is 19.9 Å². The zero-order valence-corrected chi connectivity index (χ0v) is 34.4. The number of nitrogens with zero attached hydrogens (tertiary/aromatic N) is 3. The van der Waals surface area contributed by atoms with Crippen molar-refractivity contribution in [2.24, 2.45) is 17.8 Å². The Kier molecular flexibility index (Phi) is 13.1. The third-order valence-electron chi connectivity index (χ3n) is 11.7. The van der Waals surface area contributed by atoms with Crippen LogP contribution in [0.25, 0.3) is 11.1 Å². The van der Waals surface area contributed by atoms with Gasteiger partial charge < -0.3 is 35.4 Å². The van der Waals surface area contributed by atoms with Gasteiger partial charge in [-0.25, -0.2) is 14.6 Å². The van der Waals surface area contributed by atoms with Crippen LogP contribution >= 0.6 is 0 Å². The molecule has 3 heterocycles. The molecule has 0 aliphatic carbocycles. The number of nitrogens with one attached hydrogen (secondary N) is 4. The first-order valence-electron chi connectivity index (χ1n) is 20.1. The molecule has 2 aliphatic heterocycles. The molecule has 0 radical (unpaired) electrons. The number of carboxylic acid groups (broad SMARTS) is 2. The molecule has 2 saturated heterocycles. The molecule has 0 bridgehead atoms. The number of carbonyl (C=O) groups excluding carboxylic acids is 2. The quantitative estimate of drug-likeness (QED) is 0.0781. The van der Waals surface area contributed by atoms with Crippen molar-refractivity contribution < 1.29 is 34.1 Å². The van der Waals surface area contributed by atoms with Crippen molar-refractivity contribution in [1.82, 2.24) is 15.6 Å². The second-order valence-corrected chi connectivity index (χ2v) is 16.2. The van der Waals surface area contributed by atoms with E-state index in [1.54, 1.807) is 0 Å². The second kappa shape index (κ2) is 18.2. The standard InChI is InChI=1S/C45H55N7O7/c1-27(2)39(41(53)49-43(55)56)47-34-14-7-31(8-15-34)37-25-29(5)45(6,33-12-16-35(17-13-33)48-40(28(3)4)42(54)50-44(57)58)52(37)36-18-9-30(10-19-36)32-11-20-38(46-26-32)51-21-23-59-24-22-51/h7-20,26-29,37,39-40,47-48H,21-25H2,1-6H3,(H,49,53)(H,50,54)(H,55,56)(H,57,58)/t29?,37-,39+,40+,45-/m1/s1. The van der Waals surface area contributed by atoms with Crippen LogP contribution in [0.4, 0.5) is 32.5 Å². The number of anilines is 4. The van der Waals surface area contributed by atoms with Crippen LogP contribution in [0.1, 0.15) is 65.1 Å². The minimum Gasteiger partial charge on any atom is -0.465 e. The number of pyridine rings is 1. The first-order valence-corrected chi connectivity index (χ1v) is 20.1. The van der Waals surface area contributed by atoms with Gasteiger partial charge in [-0.2, -0.15) is 0 Å². The minimum absolute atomic E-state index is 0.0385. The highest BCUT2D eigenvalue weighted by molar-refractivity contribution is 5.96. The van der Waals surface area contributed by atoms with Crippen LogP contribution < -0.4 is 31.1 Å². The summed E-state index contributed by atoms with van der Waals surface area (Å²) in [6.07, 6.45) is -0.0365. The number of hydrogen-bond donors (Lipinski definition) is 6. The van der Waals surface area contributed by atoms with Gasteiger partial charge in [0.05, 0.1) is 24.8 Å². The van der Waals surface area contributed by atoms with Gasteiger partial charge in [0.15, 0.2) is 0 Å². The zero-order chi connectivity index (χ0) is 42.4. The maximum atomic E-state index is 12.7. The van der Waals surface area contributed by atoms with Crippen molar-refractivity contribution in [3.63, 3.8) is 0 Å². The smallest absolute Gasteiger partial charge is 0.411 e. The van der Waals surface area contributed by atoms with Gasteiger partial charge in [-0.3, -0.25) is 20.2 Å². The lowest BCUT2D eigenvalue weighted by molar-refractivity contribution is -0.122. The van der Waals surface area contributed by atoms with Crippen molar-refractivity contribution in [2.45, 2.75) is 71.6 Å². The number of aromatic nitrogens is 1. The van der Waals surface area contributed by atoms with Crippen LogP contribution in [0, 0.1) is 17.8 Å². The summed E-state index contributed by atoms with van der Waals surface area (Å²) in [6.45, 7) is 15.0. The molecule has 3 aromatic carbocycles. The Labute approximate surface area is 345 Å². The summed E-state index contributed by atoms with van der Waals surface area (Å²) in [7, 11) is 0. The number of hydrogen-bond acceptors (Lipinski definition) is 10. The summed E-state index contributed by atoms with van der Waals surface area (Å²) >= 11 is 0. The summed E-state index contributed by atoms with van der Waals surface area (Å²) in [4.78, 5) is 57.2. The van der Waals surface area contributed by atoms with Crippen molar-refractivity contribution in [2.75, 3.05) is 46.7 Å². The molecule has 6 N–H and O–H groups in total. The van der Waals surface area contributed by atoms with Crippen molar-refractivity contribution >= 4 is 46.9 Å². The molecule has 59 heavy (non-hydrogen) atoms. The van der Waals surface area contributed by atoms with E-state index >= 15 is 0 Å². The van der Waals surface area contributed by atoms with E-state index in [9.17, 15) is 19.2 Å². The Hall–Kier alpha value is -6.15. The van der Waals surface area contributed by atoms with Crippen molar-refractivity contribution in [1.29, 1.82) is 0 Å². The van der Waals surface area contributed by atoms with Gasteiger partial charge in [0, 0.05) is 41.9 Å². The molecule has 0 saturated carbocycles. The molecule has 14 heteroatoms. The number of morpholine rings is 1. The molecule has 2 aliphatic rings. The van der Waals surface area contributed by atoms with E-state index in [2.05, 4.69) is 94.9 Å². The third kappa shape index (κ3) is 9.60. The van der Waals surface area contributed by atoms with Crippen LogP contribution in [0.2, 0.25) is 0 Å². The Balaban J connectivity index is 1.32. The van der Waals surface area contributed by atoms with E-state index in [4.69, 9.17) is 19.9 Å². The highest BCUT2D eigenvalue weighted by Gasteiger charge is 2.49. The van der Waals surface area contributed by atoms with E-state index in [-0.39, 0.29) is 23.8 Å². The molecule has 0 spiro atoms. The van der Waals surface area contributed by atoms with E-state index < -0.39 is 41.6 Å². The average Bonchev–Trinajstić information content (AvgIpc) is 3.49. The third-order valence-corrected chi connectivity index (χ3v) is 11.7. The molecule has 1 aromatic heterocycles. The predicted molar refractivity (Wildman–Crippen MR) is 229 cm³/mol. The van der Waals surface area contributed by atoms with Crippen molar-refractivity contribution in [3.05, 3.63) is 102 Å². The maximum absolute atomic E-state index is 12.7. The van der Waals surface area contributed by atoms with E-state index in [1.807, 2.05) is 68.8 Å². The van der Waals surface area contributed by atoms with Gasteiger partial charge >= 0.3 is 12.2 Å². The van der Waals surface area contributed by atoms with Gasteiger partial charge in [0.1, 0.15) is 17.9 Å². The Morgan fingerprint density at radius 2 is 1.24 bits per heavy atom. The highest BCUT2D eigenvalue weighted by atomic mass is 16.5. The van der Waals surface area contributed by atoms with Crippen LogP contribution in [-0.4, -0.2) is 77.6 Å². The number of amides is 4. The molecule has 2 fully saturated rings. The van der Waals surface area contributed by atoms with Crippen LogP contribution in [0.15, 0.2) is 91.1 Å². The molecule has 5 atom stereocenters.